The highest BCUT2D eigenvalue weighted by Gasteiger charge is 2.07. The van der Waals surface area contributed by atoms with Gasteiger partial charge in [0.2, 0.25) is 15.9 Å². The predicted octanol–water partition coefficient (Wildman–Crippen LogP) is 2.45. The summed E-state index contributed by atoms with van der Waals surface area (Å²) in [6, 6.07) is 8.85. The van der Waals surface area contributed by atoms with Gasteiger partial charge in [-0.2, -0.15) is 11.3 Å². The molecule has 1 amide bonds. The van der Waals surface area contributed by atoms with Gasteiger partial charge in [0.25, 0.3) is 0 Å². The molecule has 0 spiro atoms. The van der Waals surface area contributed by atoms with Crippen LogP contribution in [0.1, 0.15) is 11.1 Å². The SMILES string of the molecule is CS(=O)(=O)Nc1ccccc1CNC(=O)/C=C\c1ccsc1. The molecule has 0 aliphatic rings. The van der Waals surface area contributed by atoms with Crippen LogP contribution >= 0.6 is 11.3 Å². The predicted molar refractivity (Wildman–Crippen MR) is 90.1 cm³/mol. The minimum absolute atomic E-state index is 0.236. The van der Waals surface area contributed by atoms with Crippen LogP contribution < -0.4 is 10.0 Å². The number of rotatable bonds is 6. The van der Waals surface area contributed by atoms with Crippen LogP contribution in [0.25, 0.3) is 6.08 Å². The molecule has 116 valence electrons. The summed E-state index contributed by atoms with van der Waals surface area (Å²) in [7, 11) is -3.35. The van der Waals surface area contributed by atoms with E-state index in [1.807, 2.05) is 16.8 Å². The van der Waals surface area contributed by atoms with Gasteiger partial charge in [-0.05, 0) is 40.1 Å². The highest BCUT2D eigenvalue weighted by molar-refractivity contribution is 7.92. The smallest absolute Gasteiger partial charge is 0.244 e. The zero-order chi connectivity index (χ0) is 16.0. The number of anilines is 1. The number of nitrogens with one attached hydrogen (secondary N) is 2. The molecule has 2 aromatic rings. The van der Waals surface area contributed by atoms with E-state index in [0.29, 0.717) is 11.3 Å². The quantitative estimate of drug-likeness (QED) is 0.796. The van der Waals surface area contributed by atoms with E-state index >= 15 is 0 Å². The molecule has 1 aromatic carbocycles. The monoisotopic (exact) mass is 336 g/mol. The van der Waals surface area contributed by atoms with Crippen molar-refractivity contribution in [1.29, 1.82) is 0 Å². The van der Waals surface area contributed by atoms with E-state index in [1.54, 1.807) is 41.7 Å². The second kappa shape index (κ2) is 7.24. The minimum Gasteiger partial charge on any atom is -0.348 e. The molecule has 1 heterocycles. The maximum atomic E-state index is 11.8. The summed E-state index contributed by atoms with van der Waals surface area (Å²) in [5, 5.41) is 6.61. The van der Waals surface area contributed by atoms with Crippen LogP contribution in [-0.2, 0) is 21.4 Å². The van der Waals surface area contributed by atoms with Crippen LogP contribution in [0.3, 0.4) is 0 Å². The van der Waals surface area contributed by atoms with Crippen molar-refractivity contribution in [2.75, 3.05) is 11.0 Å². The lowest BCUT2D eigenvalue weighted by atomic mass is 10.2. The van der Waals surface area contributed by atoms with Crippen LogP contribution in [0.2, 0.25) is 0 Å². The Morgan fingerprint density at radius 3 is 2.73 bits per heavy atom. The molecule has 2 N–H and O–H groups in total. The Morgan fingerprint density at radius 1 is 1.27 bits per heavy atom. The number of carbonyl (C=O) groups excluding carboxylic acids is 1. The van der Waals surface area contributed by atoms with Gasteiger partial charge >= 0.3 is 0 Å². The molecule has 0 fully saturated rings. The molecule has 0 bridgehead atoms. The van der Waals surface area contributed by atoms with E-state index in [0.717, 1.165) is 11.8 Å². The molecule has 5 nitrogen and oxygen atoms in total. The van der Waals surface area contributed by atoms with Gasteiger partial charge in [0.05, 0.1) is 11.9 Å². The van der Waals surface area contributed by atoms with Crippen LogP contribution in [0, 0.1) is 0 Å². The van der Waals surface area contributed by atoms with Crippen molar-refractivity contribution in [3.63, 3.8) is 0 Å². The molecule has 1 aromatic heterocycles. The number of hydrogen-bond donors (Lipinski definition) is 2. The van der Waals surface area contributed by atoms with E-state index in [1.165, 1.54) is 6.08 Å². The third-order valence-corrected chi connectivity index (χ3v) is 4.03. The molecule has 2 rings (SSSR count). The number of benzene rings is 1. The van der Waals surface area contributed by atoms with Crippen LogP contribution in [-0.4, -0.2) is 20.6 Å². The molecular weight excluding hydrogens is 320 g/mol. The molecule has 0 aliphatic heterocycles. The van der Waals surface area contributed by atoms with Gasteiger partial charge in [-0.1, -0.05) is 18.2 Å². The fourth-order valence-corrected chi connectivity index (χ4v) is 2.98. The van der Waals surface area contributed by atoms with Crippen molar-refractivity contribution < 1.29 is 13.2 Å². The molecule has 0 aliphatic carbocycles. The van der Waals surface area contributed by atoms with Crippen molar-refractivity contribution in [2.45, 2.75) is 6.54 Å². The molecule has 0 atom stereocenters. The molecule has 22 heavy (non-hydrogen) atoms. The van der Waals surface area contributed by atoms with Gasteiger partial charge in [0.1, 0.15) is 0 Å². The summed E-state index contributed by atoms with van der Waals surface area (Å²) in [6.45, 7) is 0.242. The standard InChI is InChI=1S/C15H16N2O3S2/c1-22(19,20)17-14-5-3-2-4-13(14)10-16-15(18)7-6-12-8-9-21-11-12/h2-9,11,17H,10H2,1H3,(H,16,18)/b7-6-. The zero-order valence-electron chi connectivity index (χ0n) is 11.9. The van der Waals surface area contributed by atoms with Gasteiger partial charge in [-0.25, -0.2) is 8.42 Å². The topological polar surface area (TPSA) is 75.3 Å². The molecule has 0 unspecified atom stereocenters. The Hall–Kier alpha value is -2.12. The average molecular weight is 336 g/mol. The first-order valence-electron chi connectivity index (χ1n) is 6.48. The summed E-state index contributed by atoms with van der Waals surface area (Å²) < 4.78 is 25.1. The second-order valence-electron chi connectivity index (χ2n) is 4.64. The lowest BCUT2D eigenvalue weighted by Gasteiger charge is -2.10. The van der Waals surface area contributed by atoms with Crippen LogP contribution in [0.15, 0.2) is 47.2 Å². The summed E-state index contributed by atoms with van der Waals surface area (Å²) in [6.07, 6.45) is 4.27. The fourth-order valence-electron chi connectivity index (χ4n) is 1.76. The minimum atomic E-state index is -3.35. The Kier molecular flexibility index (Phi) is 5.35. The number of amides is 1. The maximum absolute atomic E-state index is 11.8. The third kappa shape index (κ3) is 5.34. The number of para-hydroxylation sites is 1. The number of hydrogen-bond acceptors (Lipinski definition) is 4. The normalized spacial score (nSPS) is 11.5. The van der Waals surface area contributed by atoms with Gasteiger partial charge in [0.15, 0.2) is 0 Å². The largest absolute Gasteiger partial charge is 0.348 e. The van der Waals surface area contributed by atoms with E-state index < -0.39 is 10.0 Å². The van der Waals surface area contributed by atoms with Crippen molar-refractivity contribution in [2.24, 2.45) is 0 Å². The molecular formula is C15H16N2O3S2. The average Bonchev–Trinajstić information content (AvgIpc) is 2.96. The van der Waals surface area contributed by atoms with Crippen molar-refractivity contribution in [3.05, 3.63) is 58.3 Å². The first kappa shape index (κ1) is 16.3. The summed E-state index contributed by atoms with van der Waals surface area (Å²) in [4.78, 5) is 11.8. The first-order valence-corrected chi connectivity index (χ1v) is 9.31. The fraction of sp³-hybridized carbons (Fsp3) is 0.133. The van der Waals surface area contributed by atoms with E-state index in [9.17, 15) is 13.2 Å². The number of sulfonamides is 1. The zero-order valence-corrected chi connectivity index (χ0v) is 13.6. The van der Waals surface area contributed by atoms with Crippen molar-refractivity contribution in [1.82, 2.24) is 5.32 Å². The van der Waals surface area contributed by atoms with Gasteiger partial charge in [0, 0.05) is 12.6 Å². The second-order valence-corrected chi connectivity index (χ2v) is 7.17. The molecule has 0 saturated heterocycles. The van der Waals surface area contributed by atoms with Crippen molar-refractivity contribution in [3.8, 4) is 0 Å². The lowest BCUT2D eigenvalue weighted by molar-refractivity contribution is -0.116. The van der Waals surface area contributed by atoms with Gasteiger partial charge in [-0.3, -0.25) is 9.52 Å². The van der Waals surface area contributed by atoms with E-state index in [4.69, 9.17) is 0 Å². The Bertz CT molecular complexity index is 766. The van der Waals surface area contributed by atoms with Crippen LogP contribution in [0.4, 0.5) is 5.69 Å². The Labute approximate surface area is 133 Å². The van der Waals surface area contributed by atoms with Gasteiger partial charge < -0.3 is 5.32 Å². The third-order valence-electron chi connectivity index (χ3n) is 2.74. The highest BCUT2D eigenvalue weighted by atomic mass is 32.2. The van der Waals surface area contributed by atoms with Crippen LogP contribution in [0.5, 0.6) is 0 Å². The lowest BCUT2D eigenvalue weighted by Crippen LogP contribution is -2.21. The highest BCUT2D eigenvalue weighted by Crippen LogP contribution is 2.16. The van der Waals surface area contributed by atoms with Gasteiger partial charge in [-0.15, -0.1) is 0 Å². The number of carbonyl (C=O) groups is 1. The first-order chi connectivity index (χ1) is 10.4. The summed E-state index contributed by atoms with van der Waals surface area (Å²) in [5.74, 6) is -0.236. The molecule has 7 heteroatoms. The maximum Gasteiger partial charge on any atom is 0.244 e. The summed E-state index contributed by atoms with van der Waals surface area (Å²) in [5.41, 5.74) is 2.14. The van der Waals surface area contributed by atoms with Crippen molar-refractivity contribution >= 4 is 39.0 Å². The number of thiophene rings is 1. The Morgan fingerprint density at radius 2 is 2.05 bits per heavy atom. The Balaban J connectivity index is 1.98. The summed E-state index contributed by atoms with van der Waals surface area (Å²) >= 11 is 1.56. The van der Waals surface area contributed by atoms with E-state index in [2.05, 4.69) is 10.0 Å². The van der Waals surface area contributed by atoms with E-state index in [-0.39, 0.29) is 12.5 Å². The molecule has 0 saturated carbocycles. The molecule has 0 radical (unpaired) electrons.